The predicted molar refractivity (Wildman–Crippen MR) is 35.5 cm³/mol. The van der Waals surface area contributed by atoms with Crippen LogP contribution in [0.25, 0.3) is 0 Å². The van der Waals surface area contributed by atoms with Crippen molar-refractivity contribution in [2.24, 2.45) is 0 Å². The largest absolute Gasteiger partial charge is 0.374 e. The van der Waals surface area contributed by atoms with E-state index in [2.05, 4.69) is 16.0 Å². The quantitative estimate of drug-likeness (QED) is 0.483. The second-order valence-electron chi connectivity index (χ2n) is 2.02. The molecule has 44 valence electrons. The number of thioether (sulfide) groups is 1. The van der Waals surface area contributed by atoms with Crippen LogP contribution in [-0.2, 0) is 0 Å². The molecule has 2 aliphatic heterocycles. The Kier molecular flexibility index (Phi) is 0.981. The number of hydrogen-bond donors (Lipinski definition) is 2. The average Bonchev–Trinajstić information content (AvgIpc) is 2.15. The third-order valence-electron chi connectivity index (χ3n) is 1.49. The van der Waals surface area contributed by atoms with Crippen LogP contribution in [0.4, 0.5) is 0 Å². The van der Waals surface area contributed by atoms with Gasteiger partial charge in [-0.25, -0.2) is 0 Å². The molecule has 0 spiro atoms. The lowest BCUT2D eigenvalue weighted by molar-refractivity contribution is 0.724. The highest BCUT2D eigenvalue weighted by molar-refractivity contribution is 8.02. The summed E-state index contributed by atoms with van der Waals surface area (Å²) in [4.78, 5) is 0. The van der Waals surface area contributed by atoms with Crippen LogP contribution in [0.2, 0.25) is 0 Å². The van der Waals surface area contributed by atoms with E-state index in [4.69, 9.17) is 0 Å². The zero-order valence-electron chi connectivity index (χ0n) is 4.48. The molecule has 0 bridgehead atoms. The van der Waals surface area contributed by atoms with E-state index in [9.17, 15) is 0 Å². The summed E-state index contributed by atoms with van der Waals surface area (Å²) in [6.45, 7) is 0.955. The Morgan fingerprint density at radius 1 is 1.75 bits per heavy atom. The molecule has 0 aromatic carbocycles. The minimum atomic E-state index is 0.639. The Morgan fingerprint density at radius 3 is 3.62 bits per heavy atom. The summed E-state index contributed by atoms with van der Waals surface area (Å²) < 4.78 is 0. The molecular formula is C5H8N2S. The van der Waals surface area contributed by atoms with E-state index in [1.165, 1.54) is 11.4 Å². The molecule has 0 amide bonds. The number of rotatable bonds is 0. The molecule has 0 saturated carbocycles. The summed E-state index contributed by atoms with van der Waals surface area (Å²) in [5.41, 5.74) is 1.38. The van der Waals surface area contributed by atoms with Crippen LogP contribution in [0.3, 0.4) is 0 Å². The highest BCUT2D eigenvalue weighted by atomic mass is 32.2. The van der Waals surface area contributed by atoms with E-state index < -0.39 is 0 Å². The van der Waals surface area contributed by atoms with Crippen molar-refractivity contribution < 1.29 is 0 Å². The average molecular weight is 128 g/mol. The van der Waals surface area contributed by atoms with Gasteiger partial charge in [-0.05, 0) is 5.41 Å². The van der Waals surface area contributed by atoms with Gasteiger partial charge in [0.25, 0.3) is 0 Å². The fourth-order valence-corrected chi connectivity index (χ4v) is 2.03. The van der Waals surface area contributed by atoms with Crippen molar-refractivity contribution in [3.05, 3.63) is 11.1 Å². The molecule has 0 aromatic heterocycles. The molecule has 0 aliphatic carbocycles. The van der Waals surface area contributed by atoms with Crippen LogP contribution in [0.1, 0.15) is 0 Å². The minimum absolute atomic E-state index is 0.639. The molecular weight excluding hydrogens is 120 g/mol. The molecule has 2 N–H and O–H groups in total. The summed E-state index contributed by atoms with van der Waals surface area (Å²) in [7, 11) is 0. The molecule has 3 heteroatoms. The zero-order valence-corrected chi connectivity index (χ0v) is 5.29. The van der Waals surface area contributed by atoms with Crippen LogP contribution in [0, 0.1) is 0 Å². The number of fused-ring (bicyclic) bond motifs is 1. The first-order valence-electron chi connectivity index (χ1n) is 2.76. The highest BCUT2D eigenvalue weighted by Gasteiger charge is 2.22. The SMILES string of the molecule is C1=C2NCNC2CS1. The Balaban J connectivity index is 2.20. The first-order valence-corrected chi connectivity index (χ1v) is 3.80. The van der Waals surface area contributed by atoms with Crippen molar-refractivity contribution >= 4 is 11.8 Å². The molecule has 1 unspecified atom stereocenters. The van der Waals surface area contributed by atoms with E-state index in [0.29, 0.717) is 6.04 Å². The van der Waals surface area contributed by atoms with Gasteiger partial charge in [0.2, 0.25) is 0 Å². The third kappa shape index (κ3) is 0.548. The standard InChI is InChI=1S/C5H8N2S/c1-4-5(2-8-1)7-3-6-4/h1,5-7H,2-3H2. The van der Waals surface area contributed by atoms with Gasteiger partial charge < -0.3 is 5.32 Å². The first kappa shape index (κ1) is 4.70. The molecule has 1 atom stereocenters. The van der Waals surface area contributed by atoms with E-state index >= 15 is 0 Å². The molecule has 2 rings (SSSR count). The maximum atomic E-state index is 3.32. The lowest BCUT2D eigenvalue weighted by Crippen LogP contribution is -2.22. The van der Waals surface area contributed by atoms with Gasteiger partial charge in [-0.15, -0.1) is 11.8 Å². The van der Waals surface area contributed by atoms with Gasteiger partial charge in [-0.2, -0.15) is 0 Å². The molecule has 0 aromatic rings. The number of hydrogen-bond acceptors (Lipinski definition) is 3. The van der Waals surface area contributed by atoms with E-state index in [-0.39, 0.29) is 0 Å². The normalized spacial score (nSPS) is 34.0. The third-order valence-corrected chi connectivity index (χ3v) is 2.44. The summed E-state index contributed by atoms with van der Waals surface area (Å²) in [6.07, 6.45) is 0. The molecule has 8 heavy (non-hydrogen) atoms. The lowest BCUT2D eigenvalue weighted by atomic mass is 10.3. The van der Waals surface area contributed by atoms with Gasteiger partial charge in [0.15, 0.2) is 0 Å². The second-order valence-corrected chi connectivity index (χ2v) is 2.92. The molecule has 1 saturated heterocycles. The van der Waals surface area contributed by atoms with Crippen molar-refractivity contribution in [1.82, 2.24) is 10.6 Å². The summed E-state index contributed by atoms with van der Waals surface area (Å²) in [5.74, 6) is 1.21. The van der Waals surface area contributed by atoms with Crippen molar-refractivity contribution in [2.45, 2.75) is 6.04 Å². The van der Waals surface area contributed by atoms with Crippen LogP contribution < -0.4 is 10.6 Å². The molecule has 1 fully saturated rings. The van der Waals surface area contributed by atoms with Crippen molar-refractivity contribution in [1.29, 1.82) is 0 Å². The van der Waals surface area contributed by atoms with Gasteiger partial charge >= 0.3 is 0 Å². The van der Waals surface area contributed by atoms with Crippen LogP contribution in [0.5, 0.6) is 0 Å². The van der Waals surface area contributed by atoms with Gasteiger partial charge in [0.1, 0.15) is 0 Å². The Labute approximate surface area is 52.7 Å². The van der Waals surface area contributed by atoms with Crippen molar-refractivity contribution in [3.8, 4) is 0 Å². The monoisotopic (exact) mass is 128 g/mol. The van der Waals surface area contributed by atoms with Crippen LogP contribution in [-0.4, -0.2) is 18.5 Å². The van der Waals surface area contributed by atoms with Gasteiger partial charge in [0.05, 0.1) is 12.7 Å². The van der Waals surface area contributed by atoms with Crippen molar-refractivity contribution in [3.63, 3.8) is 0 Å². The van der Waals surface area contributed by atoms with Gasteiger partial charge in [-0.1, -0.05) is 0 Å². The molecule has 2 aliphatic rings. The topological polar surface area (TPSA) is 24.1 Å². The van der Waals surface area contributed by atoms with E-state index in [1.807, 2.05) is 11.8 Å². The molecule has 2 nitrogen and oxygen atoms in total. The smallest absolute Gasteiger partial charge is 0.0656 e. The highest BCUT2D eigenvalue weighted by Crippen LogP contribution is 2.22. The second kappa shape index (κ2) is 1.67. The minimum Gasteiger partial charge on any atom is -0.374 e. The summed E-state index contributed by atoms with van der Waals surface area (Å²) in [6, 6.07) is 0.639. The first-order chi connectivity index (χ1) is 3.97. The van der Waals surface area contributed by atoms with E-state index in [0.717, 1.165) is 6.67 Å². The lowest BCUT2D eigenvalue weighted by Gasteiger charge is -1.98. The number of nitrogens with one attached hydrogen (secondary N) is 2. The molecule has 0 radical (unpaired) electrons. The fourth-order valence-electron chi connectivity index (χ4n) is 1.02. The molecule has 2 heterocycles. The van der Waals surface area contributed by atoms with Gasteiger partial charge in [-0.3, -0.25) is 5.32 Å². The Hall–Kier alpha value is -0.150. The Morgan fingerprint density at radius 2 is 2.75 bits per heavy atom. The zero-order chi connectivity index (χ0) is 5.40. The van der Waals surface area contributed by atoms with Crippen LogP contribution >= 0.6 is 11.8 Å². The maximum Gasteiger partial charge on any atom is 0.0656 e. The van der Waals surface area contributed by atoms with Crippen LogP contribution in [0.15, 0.2) is 11.1 Å². The van der Waals surface area contributed by atoms with E-state index in [1.54, 1.807) is 0 Å². The van der Waals surface area contributed by atoms with Crippen molar-refractivity contribution in [2.75, 3.05) is 12.4 Å². The maximum absolute atomic E-state index is 3.32. The fraction of sp³-hybridized carbons (Fsp3) is 0.600. The summed E-state index contributed by atoms with van der Waals surface area (Å²) >= 11 is 1.88. The summed E-state index contributed by atoms with van der Waals surface area (Å²) in [5, 5.41) is 8.77. The Bertz CT molecular complexity index is 132. The predicted octanol–water partition coefficient (Wildman–Crippen LogP) is 0.0935. The van der Waals surface area contributed by atoms with Gasteiger partial charge in [0, 0.05) is 11.4 Å².